The lowest BCUT2D eigenvalue weighted by molar-refractivity contribution is 0.669. The van der Waals surface area contributed by atoms with Crippen molar-refractivity contribution in [3.05, 3.63) is 411 Å². The molecule has 0 spiro atoms. The SMILES string of the molecule is [2H]C1C=c2c(-c3ccccc3)c3ccccc3c(-c3cccc4oc5cc6ccccc6cc5c34)c2=CC1.[2H]c1c([2H])c([2H])c2c(-c3cccc4oc5cc6ccccc6cc5c34)c3c([2H])c([2H])c([2H])c([2H])c3c(-c3ccccc3-c3ccccc3)c2c1[2H].c1ccc(-c2c3ccccc3c(-c3cccc4oc5cc6ccccc6cc5c34)c3ccccc23)cc1. The molecule has 117 heavy (non-hydrogen) atoms. The van der Waals surface area contributed by atoms with Gasteiger partial charge in [0.1, 0.15) is 33.5 Å². The van der Waals surface area contributed by atoms with Crippen molar-refractivity contribution in [1.82, 2.24) is 0 Å². The second kappa shape index (κ2) is 27.9. The van der Waals surface area contributed by atoms with E-state index < -0.39 is 24.2 Å². The monoisotopic (exact) mass is 1500 g/mol. The third-order valence-corrected chi connectivity index (χ3v) is 23.6. The summed E-state index contributed by atoms with van der Waals surface area (Å²) in [5.41, 5.74) is 17.9. The first-order valence-corrected chi connectivity index (χ1v) is 39.7. The number of benzene rings is 21. The van der Waals surface area contributed by atoms with Crippen LogP contribution < -0.4 is 10.4 Å². The van der Waals surface area contributed by atoms with Crippen LogP contribution in [0.4, 0.5) is 0 Å². The van der Waals surface area contributed by atoms with Gasteiger partial charge < -0.3 is 13.3 Å². The first kappa shape index (κ1) is 58.7. The first-order chi connectivity index (χ1) is 61.8. The van der Waals surface area contributed by atoms with Crippen molar-refractivity contribution in [3.63, 3.8) is 0 Å². The molecule has 25 rings (SSSR count). The fourth-order valence-corrected chi connectivity index (χ4v) is 18.7. The van der Waals surface area contributed by atoms with Crippen molar-refractivity contribution in [2.45, 2.75) is 12.8 Å². The van der Waals surface area contributed by atoms with E-state index in [2.05, 4.69) is 255 Å². The van der Waals surface area contributed by atoms with Gasteiger partial charge in [-0.25, -0.2) is 0 Å². The van der Waals surface area contributed by atoms with Crippen LogP contribution >= 0.6 is 0 Å². The minimum absolute atomic E-state index is 0.166. The van der Waals surface area contributed by atoms with E-state index in [0.29, 0.717) is 45.2 Å². The van der Waals surface area contributed by atoms with Crippen LogP contribution in [0, 0.1) is 0 Å². The number of furan rings is 3. The molecular formula is C114H72O3. The largest absolute Gasteiger partial charge is 0.456 e. The molecular weight excluding hydrogens is 1420 g/mol. The molecule has 0 bridgehead atoms. The zero-order valence-electron chi connectivity index (χ0n) is 72.2. The van der Waals surface area contributed by atoms with E-state index in [9.17, 15) is 5.48 Å². The summed E-state index contributed by atoms with van der Waals surface area (Å²) < 4.78 is 101. The average Bonchev–Trinajstić information content (AvgIpc) is 0.941. The quantitative estimate of drug-likeness (QED) is 0.149. The summed E-state index contributed by atoms with van der Waals surface area (Å²) in [5, 5.41) is 23.4. The lowest BCUT2D eigenvalue weighted by Crippen LogP contribution is -2.31. The standard InChI is InChI=1S/C42H26O.C36H24O.C36H22O/c1-2-13-27(14-3-1)30-17-6-7-18-31(30)40-32-19-8-10-21-34(32)41(35-22-11-9-20-33(35)40)36-23-12-24-38-42(36)37-25-28-15-4-5-16-29(28)26-39(37)43-38;2*1-2-11-23(12-3-1)34-26-15-6-8-17-28(26)35(29-18-9-7-16-27(29)34)30-19-10-20-32-36(30)31-21-24-13-4-5-14-25(24)22-33(31)37-32/h1-26H;1-6,8,10-22H,7,9H2;1-22H/i8D,9D,10D,11D,19D,20D,21D,22D;7D;. The van der Waals surface area contributed by atoms with Gasteiger partial charge in [-0.2, -0.15) is 0 Å². The second-order valence-corrected chi connectivity index (χ2v) is 30.1. The van der Waals surface area contributed by atoms with Gasteiger partial charge in [0, 0.05) is 33.7 Å². The summed E-state index contributed by atoms with van der Waals surface area (Å²) in [5.74, 6) is 0. The van der Waals surface area contributed by atoms with E-state index in [0.717, 1.165) is 71.0 Å². The Morgan fingerprint density at radius 3 is 0.915 bits per heavy atom. The molecule has 0 saturated carbocycles. The minimum Gasteiger partial charge on any atom is -0.456 e. The highest BCUT2D eigenvalue weighted by Gasteiger charge is 2.26. The minimum atomic E-state index is -0.438. The summed E-state index contributed by atoms with van der Waals surface area (Å²) in [6, 6.07) is 118. The zero-order chi connectivity index (χ0) is 84.9. The molecule has 1 unspecified atom stereocenters. The predicted molar refractivity (Wildman–Crippen MR) is 497 cm³/mol. The molecule has 3 nitrogen and oxygen atoms in total. The fourth-order valence-electron chi connectivity index (χ4n) is 18.7. The van der Waals surface area contributed by atoms with Gasteiger partial charge in [0.05, 0.1) is 11.0 Å². The van der Waals surface area contributed by atoms with E-state index in [1.54, 1.807) is 6.07 Å². The lowest BCUT2D eigenvalue weighted by atomic mass is 9.83. The van der Waals surface area contributed by atoms with Crippen molar-refractivity contribution >= 4 is 164 Å². The lowest BCUT2D eigenvalue weighted by Gasteiger charge is -2.20. The molecule has 24 aromatic rings. The average molecular weight is 1500 g/mol. The maximum Gasteiger partial charge on any atom is 0.136 e. The smallest absolute Gasteiger partial charge is 0.136 e. The molecule has 0 aliphatic heterocycles. The second-order valence-electron chi connectivity index (χ2n) is 30.1. The van der Waals surface area contributed by atoms with Crippen LogP contribution in [-0.2, 0) is 0 Å². The highest BCUT2D eigenvalue weighted by molar-refractivity contribution is 6.29. The van der Waals surface area contributed by atoms with E-state index in [1.165, 1.54) is 109 Å². The van der Waals surface area contributed by atoms with Crippen molar-refractivity contribution in [2.75, 3.05) is 0 Å². The third-order valence-electron chi connectivity index (χ3n) is 23.6. The molecule has 546 valence electrons. The maximum absolute atomic E-state index is 9.42. The molecule has 0 fully saturated rings. The van der Waals surface area contributed by atoms with Gasteiger partial charge in [0.25, 0.3) is 0 Å². The van der Waals surface area contributed by atoms with Gasteiger partial charge >= 0.3 is 0 Å². The van der Waals surface area contributed by atoms with E-state index in [4.69, 9.17) is 20.1 Å². The van der Waals surface area contributed by atoms with Crippen molar-refractivity contribution in [3.8, 4) is 77.9 Å². The van der Waals surface area contributed by atoms with Gasteiger partial charge in [0.15, 0.2) is 0 Å². The number of hydrogen-bond donors (Lipinski definition) is 0. The molecule has 0 saturated heterocycles. The van der Waals surface area contributed by atoms with Crippen molar-refractivity contribution < 1.29 is 25.6 Å². The van der Waals surface area contributed by atoms with Crippen LogP contribution in [-0.4, -0.2) is 0 Å². The Bertz CT molecular complexity index is 8740. The Morgan fingerprint density at radius 2 is 0.496 bits per heavy atom. The summed E-state index contributed by atoms with van der Waals surface area (Å²) in [6.07, 6.45) is 4.88. The summed E-state index contributed by atoms with van der Waals surface area (Å²) >= 11 is 0. The van der Waals surface area contributed by atoms with Crippen LogP contribution in [0.5, 0.6) is 0 Å². The maximum atomic E-state index is 9.42. The van der Waals surface area contributed by atoms with Gasteiger partial charge in [0.2, 0.25) is 0 Å². The summed E-state index contributed by atoms with van der Waals surface area (Å²) in [7, 11) is 0. The predicted octanol–water partition coefficient (Wildman–Crippen LogP) is 31.0. The molecule has 1 aliphatic carbocycles. The fraction of sp³-hybridized carbons (Fsp3) is 0.0175. The Balaban J connectivity index is 0.000000111. The van der Waals surface area contributed by atoms with Crippen LogP contribution in [0.2, 0.25) is 0 Å². The molecule has 3 heterocycles. The molecule has 3 aromatic heterocycles. The van der Waals surface area contributed by atoms with E-state index >= 15 is 0 Å². The summed E-state index contributed by atoms with van der Waals surface area (Å²) in [6.45, 7) is 0. The van der Waals surface area contributed by atoms with Gasteiger partial charge in [-0.3, -0.25) is 0 Å². The van der Waals surface area contributed by atoms with Crippen molar-refractivity contribution in [1.29, 1.82) is 0 Å². The van der Waals surface area contributed by atoms with Crippen LogP contribution in [0.15, 0.2) is 413 Å². The van der Waals surface area contributed by atoms with Crippen LogP contribution in [0.25, 0.3) is 242 Å². The Labute approximate surface area is 687 Å². The number of hydrogen-bond acceptors (Lipinski definition) is 3. The molecule has 1 aliphatic rings. The van der Waals surface area contributed by atoms with Crippen LogP contribution in [0.3, 0.4) is 0 Å². The van der Waals surface area contributed by atoms with Gasteiger partial charge in [-0.15, -0.1) is 0 Å². The molecule has 21 aromatic carbocycles. The topological polar surface area (TPSA) is 39.4 Å². The Hall–Kier alpha value is -15.2. The van der Waals surface area contributed by atoms with Gasteiger partial charge in [-0.05, 0) is 242 Å². The number of fused-ring (bicyclic) bond motifs is 18. The Morgan fingerprint density at radius 1 is 0.205 bits per heavy atom. The van der Waals surface area contributed by atoms with Crippen molar-refractivity contribution in [2.24, 2.45) is 0 Å². The normalized spacial score (nSPS) is 13.9. The molecule has 1 atom stereocenters. The third kappa shape index (κ3) is 11.2. The van der Waals surface area contributed by atoms with E-state index in [1.807, 2.05) is 103 Å². The van der Waals surface area contributed by atoms with Gasteiger partial charge in [-0.1, -0.05) is 358 Å². The summed E-state index contributed by atoms with van der Waals surface area (Å²) in [4.78, 5) is 0. The number of rotatable bonds is 7. The first-order valence-electron chi connectivity index (χ1n) is 44.2. The Kier molecular flexibility index (Phi) is 14.0. The molecule has 3 heteroatoms. The van der Waals surface area contributed by atoms with E-state index in [-0.39, 0.29) is 52.1 Å². The highest BCUT2D eigenvalue weighted by Crippen LogP contribution is 2.52. The molecule has 0 N–H and O–H groups in total. The zero-order valence-corrected chi connectivity index (χ0v) is 63.2. The highest BCUT2D eigenvalue weighted by atomic mass is 16.3. The molecule has 0 radical (unpaired) electrons. The molecule has 0 amide bonds. The van der Waals surface area contributed by atoms with Crippen LogP contribution in [0.1, 0.15) is 25.2 Å².